The Hall–Kier alpha value is -3.45. The highest BCUT2D eigenvalue weighted by atomic mass is 16.3. The number of carbonyl (C=O) groups is 3. The van der Waals surface area contributed by atoms with Gasteiger partial charge in [-0.05, 0) is 86.3 Å². The molecule has 2 aliphatic heterocycles. The fourth-order valence-electron chi connectivity index (χ4n) is 5.22. The molecule has 0 spiro atoms. The molecule has 7 heteroatoms. The van der Waals surface area contributed by atoms with Crippen molar-refractivity contribution in [3.8, 4) is 5.75 Å². The lowest BCUT2D eigenvalue weighted by Gasteiger charge is -2.36. The van der Waals surface area contributed by atoms with E-state index in [0.717, 1.165) is 44.6 Å². The summed E-state index contributed by atoms with van der Waals surface area (Å²) in [6, 6.07) is 14.1. The van der Waals surface area contributed by atoms with Crippen LogP contribution in [0.4, 0.5) is 11.4 Å². The number of phenols is 1. The zero-order chi connectivity index (χ0) is 25.7. The normalized spacial score (nSPS) is 19.6. The van der Waals surface area contributed by atoms with Gasteiger partial charge >= 0.3 is 0 Å². The van der Waals surface area contributed by atoms with E-state index in [2.05, 4.69) is 21.7 Å². The second kappa shape index (κ2) is 11.5. The molecule has 0 radical (unpaired) electrons. The van der Waals surface area contributed by atoms with E-state index in [0.29, 0.717) is 30.3 Å². The van der Waals surface area contributed by atoms with Gasteiger partial charge in [0.1, 0.15) is 11.5 Å². The van der Waals surface area contributed by atoms with Crippen molar-refractivity contribution in [1.29, 1.82) is 0 Å². The van der Waals surface area contributed by atoms with Gasteiger partial charge in [0.15, 0.2) is 5.78 Å². The fourth-order valence-corrected chi connectivity index (χ4v) is 5.22. The van der Waals surface area contributed by atoms with Crippen LogP contribution in [-0.2, 0) is 9.59 Å². The van der Waals surface area contributed by atoms with E-state index in [-0.39, 0.29) is 35.1 Å². The van der Waals surface area contributed by atoms with E-state index in [1.165, 1.54) is 6.08 Å². The molecule has 2 aliphatic rings. The molecular weight excluding hydrogens is 454 g/mol. The number of nitrogens with zero attached hydrogens (tertiary/aromatic N) is 2. The Morgan fingerprint density at radius 2 is 1.69 bits per heavy atom. The second-order valence-corrected chi connectivity index (χ2v) is 9.95. The van der Waals surface area contributed by atoms with Gasteiger partial charge in [0.25, 0.3) is 0 Å². The number of nitrogens with one attached hydrogen (secondary N) is 1. The lowest BCUT2D eigenvalue weighted by atomic mass is 9.82. The molecule has 7 nitrogen and oxygen atoms in total. The van der Waals surface area contributed by atoms with Crippen LogP contribution in [0.1, 0.15) is 36.5 Å². The van der Waals surface area contributed by atoms with Crippen LogP contribution in [-0.4, -0.2) is 60.2 Å². The van der Waals surface area contributed by atoms with E-state index >= 15 is 0 Å². The summed E-state index contributed by atoms with van der Waals surface area (Å²) < 4.78 is 0. The molecular formula is C29H35N3O4. The molecule has 2 heterocycles. The Bertz CT molecular complexity index is 1090. The molecule has 0 aliphatic carbocycles. The molecule has 2 N–H and O–H groups in total. The van der Waals surface area contributed by atoms with Crippen LogP contribution in [0.15, 0.2) is 61.2 Å². The molecule has 4 rings (SSSR count). The zero-order valence-electron chi connectivity index (χ0n) is 20.9. The molecule has 1 amide bonds. The first-order valence-electron chi connectivity index (χ1n) is 12.7. The van der Waals surface area contributed by atoms with E-state index in [1.54, 1.807) is 24.3 Å². The first-order chi connectivity index (χ1) is 17.3. The van der Waals surface area contributed by atoms with Crippen LogP contribution >= 0.6 is 0 Å². The first-order valence-corrected chi connectivity index (χ1v) is 12.7. The van der Waals surface area contributed by atoms with Crippen molar-refractivity contribution in [2.45, 2.75) is 26.2 Å². The van der Waals surface area contributed by atoms with Crippen molar-refractivity contribution in [3.05, 3.63) is 66.7 Å². The minimum absolute atomic E-state index is 0.00962. The maximum Gasteiger partial charge on any atom is 0.228 e. The molecule has 2 fully saturated rings. The lowest BCUT2D eigenvalue weighted by molar-refractivity contribution is -0.125. The average Bonchev–Trinajstić information content (AvgIpc) is 3.38. The van der Waals surface area contributed by atoms with E-state index in [9.17, 15) is 19.5 Å². The summed E-state index contributed by atoms with van der Waals surface area (Å²) in [5, 5.41) is 12.3. The minimum atomic E-state index is -0.140. The Morgan fingerprint density at radius 3 is 2.33 bits per heavy atom. The number of Topliss-reactive ketones (excluding diaryl/α,β-unsaturated/α-hetero) is 1. The SMILES string of the molecule is C=CC(=O)c1ccc(N2CCC(C(C)C(=O)CN3CCC(C(=O)Nc4ccc(O)cc4)C3)CC2)cc1. The predicted molar refractivity (Wildman–Crippen MR) is 141 cm³/mol. The first kappa shape index (κ1) is 25.6. The number of allylic oxidation sites excluding steroid dienone is 1. The van der Waals surface area contributed by atoms with Crippen LogP contribution in [0.25, 0.3) is 0 Å². The highest BCUT2D eigenvalue weighted by molar-refractivity contribution is 6.04. The Kier molecular flexibility index (Phi) is 8.21. The Labute approximate surface area is 212 Å². The van der Waals surface area contributed by atoms with Gasteiger partial charge in [0, 0.05) is 42.5 Å². The number of hydrogen-bond acceptors (Lipinski definition) is 6. The average molecular weight is 490 g/mol. The maximum absolute atomic E-state index is 13.1. The van der Waals surface area contributed by atoms with E-state index < -0.39 is 0 Å². The minimum Gasteiger partial charge on any atom is -0.508 e. The summed E-state index contributed by atoms with van der Waals surface area (Å²) in [6.45, 7) is 9.08. The third-order valence-corrected chi connectivity index (χ3v) is 7.61. The molecule has 2 unspecified atom stereocenters. The molecule has 2 atom stereocenters. The molecule has 0 aromatic heterocycles. The maximum atomic E-state index is 13.1. The predicted octanol–water partition coefficient (Wildman–Crippen LogP) is 4.14. The largest absolute Gasteiger partial charge is 0.508 e. The number of aromatic hydroxyl groups is 1. The van der Waals surface area contributed by atoms with Gasteiger partial charge in [0.05, 0.1) is 12.5 Å². The number of carbonyl (C=O) groups excluding carboxylic acids is 3. The zero-order valence-corrected chi connectivity index (χ0v) is 20.9. The van der Waals surface area contributed by atoms with Crippen LogP contribution in [0.3, 0.4) is 0 Å². The number of piperidine rings is 1. The van der Waals surface area contributed by atoms with Crippen LogP contribution < -0.4 is 10.2 Å². The van der Waals surface area contributed by atoms with Gasteiger partial charge in [0.2, 0.25) is 5.91 Å². The van der Waals surface area contributed by atoms with Gasteiger partial charge in [-0.1, -0.05) is 13.5 Å². The smallest absolute Gasteiger partial charge is 0.228 e. The van der Waals surface area contributed by atoms with Crippen LogP contribution in [0, 0.1) is 17.8 Å². The monoisotopic (exact) mass is 489 g/mol. The molecule has 2 aromatic rings. The molecule has 0 saturated carbocycles. The number of hydrogen-bond donors (Lipinski definition) is 2. The standard InChI is InChI=1S/C29H35N3O4/c1-3-27(34)22-4-8-25(9-5-22)32-16-13-21(14-17-32)20(2)28(35)19-31-15-12-23(18-31)29(36)30-24-6-10-26(33)11-7-24/h3-11,20-21,23,33H,1,12-19H2,2H3,(H,30,36). The molecule has 190 valence electrons. The third-order valence-electron chi connectivity index (χ3n) is 7.61. The lowest BCUT2D eigenvalue weighted by Crippen LogP contribution is -2.40. The fraction of sp³-hybridized carbons (Fsp3) is 0.414. The quantitative estimate of drug-likeness (QED) is 0.313. The number of benzene rings is 2. The molecule has 2 saturated heterocycles. The van der Waals surface area contributed by atoms with Crippen molar-refractivity contribution in [2.75, 3.05) is 42.9 Å². The number of phenolic OH excluding ortho intramolecular Hbond substituents is 1. The van der Waals surface area contributed by atoms with Gasteiger partial charge in [-0.3, -0.25) is 19.3 Å². The summed E-state index contributed by atoms with van der Waals surface area (Å²) in [7, 11) is 0. The molecule has 36 heavy (non-hydrogen) atoms. The molecule has 0 bridgehead atoms. The van der Waals surface area contributed by atoms with E-state index in [4.69, 9.17) is 0 Å². The molecule has 2 aromatic carbocycles. The summed E-state index contributed by atoms with van der Waals surface area (Å²) in [5.74, 6) is 0.497. The van der Waals surface area contributed by atoms with Crippen molar-refractivity contribution in [2.24, 2.45) is 17.8 Å². The Morgan fingerprint density at radius 1 is 1.03 bits per heavy atom. The third kappa shape index (κ3) is 6.21. The Balaban J connectivity index is 1.22. The summed E-state index contributed by atoms with van der Waals surface area (Å²) in [4.78, 5) is 41.8. The van der Waals surface area contributed by atoms with Crippen LogP contribution in [0.5, 0.6) is 5.75 Å². The summed E-state index contributed by atoms with van der Waals surface area (Å²) >= 11 is 0. The van der Waals surface area contributed by atoms with Gasteiger partial charge in [-0.15, -0.1) is 0 Å². The number of amides is 1. The summed E-state index contributed by atoms with van der Waals surface area (Å²) in [5.41, 5.74) is 2.40. The topological polar surface area (TPSA) is 90.0 Å². The second-order valence-electron chi connectivity index (χ2n) is 9.95. The number of rotatable bonds is 9. The van der Waals surface area contributed by atoms with Crippen molar-refractivity contribution in [3.63, 3.8) is 0 Å². The van der Waals surface area contributed by atoms with Crippen molar-refractivity contribution in [1.82, 2.24) is 4.90 Å². The van der Waals surface area contributed by atoms with Gasteiger partial charge in [-0.2, -0.15) is 0 Å². The van der Waals surface area contributed by atoms with Crippen molar-refractivity contribution >= 4 is 28.8 Å². The van der Waals surface area contributed by atoms with Crippen molar-refractivity contribution < 1.29 is 19.5 Å². The van der Waals surface area contributed by atoms with E-state index in [1.807, 2.05) is 31.2 Å². The summed E-state index contributed by atoms with van der Waals surface area (Å²) in [6.07, 6.45) is 3.98. The van der Waals surface area contributed by atoms with Crippen LogP contribution in [0.2, 0.25) is 0 Å². The number of likely N-dealkylation sites (tertiary alicyclic amines) is 1. The van der Waals surface area contributed by atoms with Gasteiger partial charge in [-0.25, -0.2) is 0 Å². The highest BCUT2D eigenvalue weighted by Gasteiger charge is 2.33. The van der Waals surface area contributed by atoms with Gasteiger partial charge < -0.3 is 15.3 Å². The number of anilines is 2. The highest BCUT2D eigenvalue weighted by Crippen LogP contribution is 2.29. The number of ketones is 2.